The molecule has 8 nitrogen and oxygen atoms in total. The van der Waals surface area contributed by atoms with Gasteiger partial charge in [0.05, 0.1) is 0 Å². The van der Waals surface area contributed by atoms with Crippen molar-refractivity contribution in [2.24, 2.45) is 0 Å². The molecule has 0 spiro atoms. The van der Waals surface area contributed by atoms with E-state index in [1.807, 2.05) is 42.6 Å². The van der Waals surface area contributed by atoms with E-state index in [0.29, 0.717) is 11.1 Å². The molecule has 49 heavy (non-hydrogen) atoms. The smallest absolute Gasteiger partial charge is 0.406 e. The molecule has 0 unspecified atom stereocenters. The van der Waals surface area contributed by atoms with Gasteiger partial charge in [0.1, 0.15) is 17.4 Å². The second-order valence-electron chi connectivity index (χ2n) is 12.4. The van der Waals surface area contributed by atoms with Crippen molar-refractivity contribution in [3.05, 3.63) is 114 Å². The lowest BCUT2D eigenvalue weighted by molar-refractivity contribution is -0.274. The van der Waals surface area contributed by atoms with Crippen LogP contribution in [0.3, 0.4) is 0 Å². The fraction of sp³-hybridized carbons (Fsp3) is 0.324. The first-order valence-electron chi connectivity index (χ1n) is 16.3. The minimum atomic E-state index is -4.82. The number of halogens is 4. The Morgan fingerprint density at radius 3 is 2.02 bits per heavy atom. The molecule has 12 heteroatoms. The van der Waals surface area contributed by atoms with Gasteiger partial charge < -0.3 is 20.3 Å². The molecule has 6 rings (SSSR count). The van der Waals surface area contributed by atoms with Crippen molar-refractivity contribution in [2.45, 2.75) is 50.7 Å². The van der Waals surface area contributed by atoms with Gasteiger partial charge in [0, 0.05) is 67.7 Å². The van der Waals surface area contributed by atoms with Crippen LogP contribution in [-0.2, 0) is 6.54 Å². The first-order chi connectivity index (χ1) is 23.6. The van der Waals surface area contributed by atoms with E-state index in [-0.39, 0.29) is 35.0 Å². The van der Waals surface area contributed by atoms with Gasteiger partial charge in [-0.3, -0.25) is 14.5 Å². The Morgan fingerprint density at radius 2 is 1.41 bits per heavy atom. The molecule has 2 N–H and O–H groups in total. The van der Waals surface area contributed by atoms with Crippen LogP contribution in [0.4, 0.5) is 23.4 Å². The van der Waals surface area contributed by atoms with Crippen LogP contribution in [0.15, 0.2) is 91.1 Å². The van der Waals surface area contributed by atoms with Crippen molar-refractivity contribution in [3.63, 3.8) is 0 Å². The van der Waals surface area contributed by atoms with Crippen molar-refractivity contribution in [1.82, 2.24) is 20.5 Å². The molecule has 2 amide bonds. The van der Waals surface area contributed by atoms with E-state index in [1.165, 1.54) is 30.3 Å². The summed E-state index contributed by atoms with van der Waals surface area (Å²) in [6.07, 6.45) is 0.301. The molecular weight excluding hydrogens is 638 g/mol. The lowest BCUT2D eigenvalue weighted by Gasteiger charge is -2.34. The van der Waals surface area contributed by atoms with Crippen LogP contribution in [0.2, 0.25) is 0 Å². The van der Waals surface area contributed by atoms with Crippen LogP contribution in [0.1, 0.15) is 52.0 Å². The largest absolute Gasteiger partial charge is 0.573 e. The predicted octanol–water partition coefficient (Wildman–Crippen LogP) is 6.58. The normalized spacial score (nSPS) is 16.3. The molecular formula is C37H37F4N5O3. The summed E-state index contributed by atoms with van der Waals surface area (Å²) in [6.45, 7) is 3.96. The van der Waals surface area contributed by atoms with E-state index < -0.39 is 17.9 Å². The first-order valence-corrected chi connectivity index (χ1v) is 16.3. The third kappa shape index (κ3) is 9.14. The van der Waals surface area contributed by atoms with Gasteiger partial charge in [-0.2, -0.15) is 0 Å². The van der Waals surface area contributed by atoms with Crippen LogP contribution >= 0.6 is 0 Å². The van der Waals surface area contributed by atoms with Crippen molar-refractivity contribution in [3.8, 4) is 16.9 Å². The molecule has 3 heterocycles. The van der Waals surface area contributed by atoms with Crippen LogP contribution in [0, 0.1) is 5.82 Å². The van der Waals surface area contributed by atoms with Crippen LogP contribution < -0.4 is 20.3 Å². The Balaban J connectivity index is 0.944. The lowest BCUT2D eigenvalue weighted by Crippen LogP contribution is -2.45. The molecule has 4 aromatic rings. The summed E-state index contributed by atoms with van der Waals surface area (Å²) in [5.74, 6) is -0.452. The maximum atomic E-state index is 14.6. The Labute approximate surface area is 282 Å². The van der Waals surface area contributed by atoms with Crippen LogP contribution in [0.5, 0.6) is 5.75 Å². The minimum Gasteiger partial charge on any atom is -0.406 e. The van der Waals surface area contributed by atoms with Crippen LogP contribution in [0.25, 0.3) is 11.1 Å². The number of rotatable bonds is 9. The van der Waals surface area contributed by atoms with Gasteiger partial charge in [0.15, 0.2) is 0 Å². The summed E-state index contributed by atoms with van der Waals surface area (Å²) >= 11 is 0. The Hall–Kier alpha value is -4.97. The molecule has 0 radical (unpaired) electrons. The summed E-state index contributed by atoms with van der Waals surface area (Å²) in [5.41, 5.74) is 2.48. The summed E-state index contributed by atoms with van der Waals surface area (Å²) in [6, 6.07) is 22.3. The zero-order valence-electron chi connectivity index (χ0n) is 26.8. The molecule has 1 aromatic heterocycles. The Kier molecular flexibility index (Phi) is 10.4. The number of aromatic nitrogens is 1. The maximum Gasteiger partial charge on any atom is 0.573 e. The SMILES string of the molecule is O=C(NC1CCN(Cc2ccc(N3CCC(NC(=O)c4ccccc4)CC3)nc2)CC1)c1ccc(F)c(-c2ccc(OC(F)(F)F)cc2)c1. The molecule has 2 saturated heterocycles. The quantitative estimate of drug-likeness (QED) is 0.195. The first kappa shape index (κ1) is 33.9. The van der Waals surface area contributed by atoms with Gasteiger partial charge in [-0.15, -0.1) is 13.2 Å². The predicted molar refractivity (Wildman–Crippen MR) is 178 cm³/mol. The molecule has 2 aliphatic rings. The van der Waals surface area contributed by atoms with E-state index in [2.05, 4.69) is 31.2 Å². The number of piperidine rings is 2. The second-order valence-corrected chi connectivity index (χ2v) is 12.4. The summed E-state index contributed by atoms with van der Waals surface area (Å²) in [4.78, 5) is 34.8. The number of carbonyl (C=O) groups is 2. The summed E-state index contributed by atoms with van der Waals surface area (Å²) in [7, 11) is 0. The van der Waals surface area contributed by atoms with Gasteiger partial charge in [0.25, 0.3) is 11.8 Å². The van der Waals surface area contributed by atoms with E-state index in [4.69, 9.17) is 4.98 Å². The molecule has 3 aromatic carbocycles. The average molecular weight is 676 g/mol. The number of nitrogens with zero attached hydrogens (tertiary/aromatic N) is 3. The maximum absolute atomic E-state index is 14.6. The Bertz CT molecular complexity index is 1720. The highest BCUT2D eigenvalue weighted by atomic mass is 19.4. The third-order valence-corrected chi connectivity index (χ3v) is 8.96. The number of anilines is 1. The summed E-state index contributed by atoms with van der Waals surface area (Å²) < 4.78 is 56.0. The zero-order valence-corrected chi connectivity index (χ0v) is 26.8. The number of benzene rings is 3. The molecule has 0 atom stereocenters. The monoisotopic (exact) mass is 675 g/mol. The number of alkyl halides is 3. The van der Waals surface area contributed by atoms with Crippen LogP contribution in [-0.4, -0.2) is 66.3 Å². The fourth-order valence-electron chi connectivity index (χ4n) is 6.29. The van der Waals surface area contributed by atoms with Crippen molar-refractivity contribution >= 4 is 17.6 Å². The van der Waals surface area contributed by atoms with Gasteiger partial charge in [-0.1, -0.05) is 36.4 Å². The second kappa shape index (κ2) is 15.1. The van der Waals surface area contributed by atoms with Gasteiger partial charge in [-0.25, -0.2) is 9.37 Å². The molecule has 0 aliphatic carbocycles. The standard InChI is InChI=1S/C37H37F4N5O3/c38-33-12-9-28(22-32(33)26-7-10-31(11-8-26)49-37(39,40)41)36(48)44-29-14-18-45(19-15-29)24-25-6-13-34(42-23-25)46-20-16-30(17-21-46)43-35(47)27-4-2-1-3-5-27/h1-13,22-23,29-30H,14-21,24H2,(H,43,47)(H,44,48). The van der Waals surface area contributed by atoms with E-state index >= 15 is 0 Å². The molecule has 0 bridgehead atoms. The number of hydrogen-bond donors (Lipinski definition) is 2. The van der Waals surface area contributed by atoms with Gasteiger partial charge in [0.2, 0.25) is 0 Å². The lowest BCUT2D eigenvalue weighted by atomic mass is 10.0. The van der Waals surface area contributed by atoms with E-state index in [9.17, 15) is 27.2 Å². The van der Waals surface area contributed by atoms with Gasteiger partial charge >= 0.3 is 6.36 Å². The number of nitrogens with one attached hydrogen (secondary N) is 2. The van der Waals surface area contributed by atoms with Gasteiger partial charge in [-0.05, 0) is 85.3 Å². The number of likely N-dealkylation sites (tertiary alicyclic amines) is 1. The molecule has 2 fully saturated rings. The zero-order chi connectivity index (χ0) is 34.4. The number of ether oxygens (including phenoxy) is 1. The highest BCUT2D eigenvalue weighted by molar-refractivity contribution is 5.96. The highest BCUT2D eigenvalue weighted by Crippen LogP contribution is 2.29. The highest BCUT2D eigenvalue weighted by Gasteiger charge is 2.31. The topological polar surface area (TPSA) is 86.8 Å². The fourth-order valence-corrected chi connectivity index (χ4v) is 6.29. The minimum absolute atomic E-state index is 0.0387. The number of hydrogen-bond acceptors (Lipinski definition) is 6. The van der Waals surface area contributed by atoms with E-state index in [1.54, 1.807) is 0 Å². The van der Waals surface area contributed by atoms with Crippen molar-refractivity contribution in [2.75, 3.05) is 31.1 Å². The average Bonchev–Trinajstić information content (AvgIpc) is 3.10. The van der Waals surface area contributed by atoms with Crippen molar-refractivity contribution in [1.29, 1.82) is 0 Å². The molecule has 256 valence electrons. The number of pyridine rings is 1. The summed E-state index contributed by atoms with van der Waals surface area (Å²) in [5, 5.41) is 6.19. The molecule has 2 aliphatic heterocycles. The number of carbonyl (C=O) groups excluding carboxylic acids is 2. The third-order valence-electron chi connectivity index (χ3n) is 8.96. The van der Waals surface area contributed by atoms with Crippen molar-refractivity contribution < 1.29 is 31.9 Å². The number of amides is 2. The Morgan fingerprint density at radius 1 is 0.776 bits per heavy atom. The van der Waals surface area contributed by atoms with E-state index in [0.717, 1.165) is 81.9 Å². The molecule has 0 saturated carbocycles.